The lowest BCUT2D eigenvalue weighted by molar-refractivity contribution is -0.125. The van der Waals surface area contributed by atoms with Crippen molar-refractivity contribution in [1.29, 1.82) is 5.26 Å². The van der Waals surface area contributed by atoms with Crippen molar-refractivity contribution in [2.75, 3.05) is 16.8 Å². The van der Waals surface area contributed by atoms with E-state index in [9.17, 15) is 9.59 Å². The second-order valence-electron chi connectivity index (χ2n) is 4.89. The number of carbonyl (C=O) groups is 2. The van der Waals surface area contributed by atoms with Crippen molar-refractivity contribution in [3.05, 3.63) is 60.2 Å². The van der Waals surface area contributed by atoms with Crippen LogP contribution in [0.15, 0.2) is 54.6 Å². The van der Waals surface area contributed by atoms with Gasteiger partial charge in [-0.3, -0.25) is 9.59 Å². The van der Waals surface area contributed by atoms with Gasteiger partial charge in [-0.15, -0.1) is 0 Å². The Morgan fingerprint density at radius 3 is 2.52 bits per heavy atom. The van der Waals surface area contributed by atoms with Crippen molar-refractivity contribution < 1.29 is 9.59 Å². The number of hydrogen-bond donors (Lipinski definition) is 1. The van der Waals surface area contributed by atoms with Crippen LogP contribution in [0.2, 0.25) is 0 Å². The van der Waals surface area contributed by atoms with Crippen molar-refractivity contribution in [3.8, 4) is 6.07 Å². The molecule has 5 nitrogen and oxygen atoms in total. The lowest BCUT2D eigenvalue weighted by Crippen LogP contribution is -2.33. The van der Waals surface area contributed by atoms with Crippen molar-refractivity contribution in [2.45, 2.75) is 13.3 Å². The van der Waals surface area contributed by atoms with Gasteiger partial charge in [-0.1, -0.05) is 24.3 Å². The summed E-state index contributed by atoms with van der Waals surface area (Å²) in [6.45, 7) is 2.35. The molecule has 2 amide bonds. The third-order valence-corrected chi connectivity index (χ3v) is 3.27. The summed E-state index contributed by atoms with van der Waals surface area (Å²) in [7, 11) is 0. The zero-order chi connectivity index (χ0) is 16.7. The standard InChI is InChI=1S/C18H17N3O2/c1-2-21(16-9-4-3-5-10-16)18(23)12-17(22)20-15-8-6-7-14(11-15)13-19/h3-11H,2,12H2,1H3,(H,20,22). The second-order valence-corrected chi connectivity index (χ2v) is 4.89. The second kappa shape index (κ2) is 7.76. The minimum Gasteiger partial charge on any atom is -0.326 e. The van der Waals surface area contributed by atoms with Gasteiger partial charge in [0.1, 0.15) is 6.42 Å². The van der Waals surface area contributed by atoms with Gasteiger partial charge in [0, 0.05) is 17.9 Å². The topological polar surface area (TPSA) is 73.2 Å². The molecule has 0 fully saturated rings. The van der Waals surface area contributed by atoms with Gasteiger partial charge >= 0.3 is 0 Å². The zero-order valence-electron chi connectivity index (χ0n) is 12.8. The van der Waals surface area contributed by atoms with Gasteiger partial charge < -0.3 is 10.2 Å². The fraction of sp³-hybridized carbons (Fsp3) is 0.167. The molecule has 0 saturated heterocycles. The van der Waals surface area contributed by atoms with Gasteiger partial charge in [0.15, 0.2) is 0 Å². The Morgan fingerprint density at radius 2 is 1.87 bits per heavy atom. The van der Waals surface area contributed by atoms with Crippen LogP contribution in [0.5, 0.6) is 0 Å². The van der Waals surface area contributed by atoms with Gasteiger partial charge in [0.2, 0.25) is 11.8 Å². The van der Waals surface area contributed by atoms with E-state index in [1.165, 1.54) is 0 Å². The number of nitrogens with zero attached hydrogens (tertiary/aromatic N) is 2. The average Bonchev–Trinajstić information content (AvgIpc) is 2.56. The summed E-state index contributed by atoms with van der Waals surface area (Å²) in [5, 5.41) is 11.5. The molecule has 116 valence electrons. The maximum atomic E-state index is 12.3. The number of nitriles is 1. The Kier molecular flexibility index (Phi) is 5.48. The Labute approximate surface area is 135 Å². The van der Waals surface area contributed by atoms with E-state index in [1.807, 2.05) is 43.3 Å². The van der Waals surface area contributed by atoms with Crippen molar-refractivity contribution in [3.63, 3.8) is 0 Å². The van der Waals surface area contributed by atoms with Crippen molar-refractivity contribution >= 4 is 23.2 Å². The average molecular weight is 307 g/mol. The molecule has 0 heterocycles. The zero-order valence-corrected chi connectivity index (χ0v) is 12.8. The molecular weight excluding hydrogens is 290 g/mol. The highest BCUT2D eigenvalue weighted by Crippen LogP contribution is 2.15. The molecule has 2 aromatic carbocycles. The van der Waals surface area contributed by atoms with E-state index in [2.05, 4.69) is 5.32 Å². The van der Waals surface area contributed by atoms with Crippen molar-refractivity contribution in [2.24, 2.45) is 0 Å². The number of hydrogen-bond acceptors (Lipinski definition) is 3. The first-order chi connectivity index (χ1) is 11.1. The molecule has 0 aliphatic carbocycles. The first kappa shape index (κ1) is 16.2. The van der Waals surface area contributed by atoms with E-state index < -0.39 is 5.91 Å². The number of anilines is 2. The molecule has 2 rings (SSSR count). The summed E-state index contributed by atoms with van der Waals surface area (Å²) in [6.07, 6.45) is -0.250. The highest BCUT2D eigenvalue weighted by molar-refractivity contribution is 6.09. The van der Waals surface area contributed by atoms with Gasteiger partial charge in [-0.2, -0.15) is 5.26 Å². The number of para-hydroxylation sites is 1. The Hall–Kier alpha value is -3.13. The normalized spacial score (nSPS) is 9.74. The van der Waals surface area contributed by atoms with Crippen LogP contribution in [-0.4, -0.2) is 18.4 Å². The fourth-order valence-corrected chi connectivity index (χ4v) is 2.22. The van der Waals surface area contributed by atoms with E-state index in [-0.39, 0.29) is 12.3 Å². The first-order valence-corrected chi connectivity index (χ1v) is 7.29. The number of benzene rings is 2. The van der Waals surface area contributed by atoms with Crippen LogP contribution in [0.3, 0.4) is 0 Å². The lowest BCUT2D eigenvalue weighted by atomic mass is 10.2. The summed E-state index contributed by atoms with van der Waals surface area (Å²) in [6, 6.07) is 17.8. The van der Waals surface area contributed by atoms with E-state index in [0.29, 0.717) is 17.8 Å². The van der Waals surface area contributed by atoms with Crippen LogP contribution in [0, 0.1) is 11.3 Å². The van der Waals surface area contributed by atoms with Gasteiger partial charge in [-0.25, -0.2) is 0 Å². The van der Waals surface area contributed by atoms with Crippen LogP contribution < -0.4 is 10.2 Å². The molecule has 0 aliphatic heterocycles. The minimum absolute atomic E-state index is 0.250. The Balaban J connectivity index is 2.01. The summed E-state index contributed by atoms with van der Waals surface area (Å²) < 4.78 is 0. The molecule has 0 spiro atoms. The summed E-state index contributed by atoms with van der Waals surface area (Å²) in [4.78, 5) is 25.9. The molecule has 0 aromatic heterocycles. The SMILES string of the molecule is CCN(C(=O)CC(=O)Nc1cccc(C#N)c1)c1ccccc1. The maximum absolute atomic E-state index is 12.3. The molecular formula is C18H17N3O2. The molecule has 0 unspecified atom stereocenters. The van der Waals surface area contributed by atoms with Crippen LogP contribution >= 0.6 is 0 Å². The molecule has 5 heteroatoms. The van der Waals surface area contributed by atoms with Gasteiger partial charge in [0.05, 0.1) is 11.6 Å². The van der Waals surface area contributed by atoms with Crippen molar-refractivity contribution in [1.82, 2.24) is 0 Å². The van der Waals surface area contributed by atoms with E-state index in [4.69, 9.17) is 5.26 Å². The molecule has 0 radical (unpaired) electrons. The Morgan fingerprint density at radius 1 is 1.13 bits per heavy atom. The largest absolute Gasteiger partial charge is 0.326 e. The number of carbonyl (C=O) groups excluding carboxylic acids is 2. The predicted molar refractivity (Wildman–Crippen MR) is 88.9 cm³/mol. The number of amides is 2. The number of rotatable bonds is 5. The molecule has 1 N–H and O–H groups in total. The minimum atomic E-state index is -0.403. The van der Waals surface area contributed by atoms with E-state index in [0.717, 1.165) is 5.69 Å². The van der Waals surface area contributed by atoms with E-state index in [1.54, 1.807) is 29.2 Å². The quantitative estimate of drug-likeness (QED) is 0.863. The molecule has 0 atom stereocenters. The predicted octanol–water partition coefficient (Wildman–Crippen LogP) is 2.94. The van der Waals surface area contributed by atoms with Crippen LogP contribution in [0.4, 0.5) is 11.4 Å². The highest BCUT2D eigenvalue weighted by Gasteiger charge is 2.17. The van der Waals surface area contributed by atoms with Crippen LogP contribution in [0.25, 0.3) is 0 Å². The Bertz CT molecular complexity index is 735. The van der Waals surface area contributed by atoms with Gasteiger partial charge in [0.25, 0.3) is 0 Å². The summed E-state index contributed by atoms with van der Waals surface area (Å²) in [5.41, 5.74) is 1.72. The molecule has 2 aromatic rings. The summed E-state index contributed by atoms with van der Waals surface area (Å²) >= 11 is 0. The third kappa shape index (κ3) is 4.42. The molecule has 0 bridgehead atoms. The highest BCUT2D eigenvalue weighted by atomic mass is 16.2. The van der Waals surface area contributed by atoms with E-state index >= 15 is 0 Å². The third-order valence-electron chi connectivity index (χ3n) is 3.27. The first-order valence-electron chi connectivity index (χ1n) is 7.29. The lowest BCUT2D eigenvalue weighted by Gasteiger charge is -2.20. The molecule has 0 saturated carbocycles. The smallest absolute Gasteiger partial charge is 0.236 e. The fourth-order valence-electron chi connectivity index (χ4n) is 2.22. The van der Waals surface area contributed by atoms with Crippen LogP contribution in [-0.2, 0) is 9.59 Å². The van der Waals surface area contributed by atoms with Crippen LogP contribution in [0.1, 0.15) is 18.9 Å². The molecule has 23 heavy (non-hydrogen) atoms. The number of nitrogens with one attached hydrogen (secondary N) is 1. The maximum Gasteiger partial charge on any atom is 0.236 e. The molecule has 0 aliphatic rings. The van der Waals surface area contributed by atoms with Gasteiger partial charge in [-0.05, 0) is 37.3 Å². The summed E-state index contributed by atoms with van der Waals surface area (Å²) in [5.74, 6) is -0.674. The monoisotopic (exact) mass is 307 g/mol.